The molecule has 9 heteroatoms. The van der Waals surface area contributed by atoms with Gasteiger partial charge in [-0.3, -0.25) is 14.9 Å². The number of hydrogen-bond acceptors (Lipinski definition) is 4. The number of halogens is 3. The van der Waals surface area contributed by atoms with Crippen LogP contribution in [0.15, 0.2) is 18.2 Å². The molecular formula is C9H6Cl3N3O3. The second-order valence-corrected chi connectivity index (χ2v) is 5.95. The van der Waals surface area contributed by atoms with E-state index in [4.69, 9.17) is 34.8 Å². The van der Waals surface area contributed by atoms with Crippen molar-refractivity contribution in [2.75, 3.05) is 5.32 Å². The number of fused-ring (bicyclic) bond motifs is 1. The molecule has 0 aliphatic carbocycles. The lowest BCUT2D eigenvalue weighted by atomic mass is 10.1. The summed E-state index contributed by atoms with van der Waals surface area (Å²) in [6.07, 6.45) is -0.899. The van der Waals surface area contributed by atoms with Crippen LogP contribution >= 0.6 is 34.8 Å². The summed E-state index contributed by atoms with van der Waals surface area (Å²) in [5.41, 5.74) is 0.327. The molecule has 1 unspecified atom stereocenters. The third-order valence-electron chi connectivity index (χ3n) is 2.36. The molecular weight excluding hydrogens is 304 g/mol. The van der Waals surface area contributed by atoms with Crippen LogP contribution in [0.4, 0.5) is 11.4 Å². The summed E-state index contributed by atoms with van der Waals surface area (Å²) in [7, 11) is 0. The van der Waals surface area contributed by atoms with E-state index in [9.17, 15) is 14.9 Å². The third kappa shape index (κ3) is 2.45. The SMILES string of the molecule is O=C1NC(C(Cl)(Cl)Cl)Nc2ccc([N+](=O)[O-])cc21. The lowest BCUT2D eigenvalue weighted by molar-refractivity contribution is -0.384. The molecule has 1 aromatic carbocycles. The molecule has 1 aliphatic heterocycles. The quantitative estimate of drug-likeness (QED) is 0.474. The molecule has 1 aliphatic rings. The van der Waals surface area contributed by atoms with E-state index in [0.717, 1.165) is 6.07 Å². The van der Waals surface area contributed by atoms with Crippen LogP contribution in [0.5, 0.6) is 0 Å². The number of amides is 1. The molecule has 2 rings (SSSR count). The average molecular weight is 311 g/mol. The van der Waals surface area contributed by atoms with E-state index in [1.54, 1.807) is 0 Å². The summed E-state index contributed by atoms with van der Waals surface area (Å²) in [5, 5.41) is 15.8. The fourth-order valence-corrected chi connectivity index (χ4v) is 1.85. The Morgan fingerprint density at radius 3 is 2.50 bits per heavy atom. The Morgan fingerprint density at radius 2 is 1.94 bits per heavy atom. The molecule has 1 aromatic rings. The van der Waals surface area contributed by atoms with Crippen LogP contribution in [0.25, 0.3) is 0 Å². The summed E-state index contributed by atoms with van der Waals surface area (Å²) in [4.78, 5) is 21.8. The Bertz CT molecular complexity index is 530. The molecule has 2 N–H and O–H groups in total. The predicted octanol–water partition coefficient (Wildman–Crippen LogP) is 2.45. The zero-order valence-electron chi connectivity index (χ0n) is 8.62. The van der Waals surface area contributed by atoms with Gasteiger partial charge in [-0.05, 0) is 6.07 Å². The maximum absolute atomic E-state index is 11.8. The molecule has 0 spiro atoms. The van der Waals surface area contributed by atoms with Crippen LogP contribution in [-0.4, -0.2) is 20.8 Å². The lowest BCUT2D eigenvalue weighted by Gasteiger charge is -2.31. The van der Waals surface area contributed by atoms with Gasteiger partial charge in [0.2, 0.25) is 3.79 Å². The summed E-state index contributed by atoms with van der Waals surface area (Å²) < 4.78 is -1.73. The molecule has 1 atom stereocenters. The standard InChI is InChI=1S/C9H6Cl3N3O3/c10-9(11,12)8-13-6-2-1-4(15(17)18)3-5(6)7(16)14-8/h1-3,8,13H,(H,14,16). The Labute approximate surface area is 116 Å². The number of carbonyl (C=O) groups excluding carboxylic acids is 1. The second-order valence-electron chi connectivity index (χ2n) is 3.58. The lowest BCUT2D eigenvalue weighted by Crippen LogP contribution is -2.52. The van der Waals surface area contributed by atoms with Gasteiger partial charge in [0.25, 0.3) is 11.6 Å². The average Bonchev–Trinajstić information content (AvgIpc) is 2.27. The molecule has 0 aromatic heterocycles. The number of alkyl halides is 3. The molecule has 1 amide bonds. The minimum atomic E-state index is -1.73. The summed E-state index contributed by atoms with van der Waals surface area (Å²) in [6, 6.07) is 3.82. The van der Waals surface area contributed by atoms with Crippen LogP contribution in [-0.2, 0) is 0 Å². The van der Waals surface area contributed by atoms with E-state index < -0.39 is 20.8 Å². The zero-order valence-corrected chi connectivity index (χ0v) is 10.9. The van der Waals surface area contributed by atoms with Crippen molar-refractivity contribution in [2.24, 2.45) is 0 Å². The number of anilines is 1. The monoisotopic (exact) mass is 309 g/mol. The van der Waals surface area contributed by atoms with Gasteiger partial charge in [0.15, 0.2) is 0 Å². The van der Waals surface area contributed by atoms with Crippen molar-refractivity contribution in [2.45, 2.75) is 9.96 Å². The number of carbonyl (C=O) groups is 1. The largest absolute Gasteiger partial charge is 0.361 e. The van der Waals surface area contributed by atoms with E-state index in [2.05, 4.69) is 10.6 Å². The van der Waals surface area contributed by atoms with Crippen molar-refractivity contribution in [3.8, 4) is 0 Å². The molecule has 96 valence electrons. The Kier molecular flexibility index (Phi) is 3.27. The summed E-state index contributed by atoms with van der Waals surface area (Å²) in [5.74, 6) is -0.538. The fourth-order valence-electron chi connectivity index (χ4n) is 1.52. The van der Waals surface area contributed by atoms with Crippen molar-refractivity contribution < 1.29 is 9.72 Å². The predicted molar refractivity (Wildman–Crippen MR) is 68.3 cm³/mol. The summed E-state index contributed by atoms with van der Waals surface area (Å²) >= 11 is 17.0. The first kappa shape index (κ1) is 13.2. The number of rotatable bonds is 1. The number of nitrogens with zero attached hydrogens (tertiary/aromatic N) is 1. The van der Waals surface area contributed by atoms with E-state index in [1.807, 2.05) is 0 Å². The maximum atomic E-state index is 11.8. The number of benzene rings is 1. The van der Waals surface area contributed by atoms with E-state index in [1.165, 1.54) is 12.1 Å². The highest BCUT2D eigenvalue weighted by Crippen LogP contribution is 2.34. The van der Waals surface area contributed by atoms with Gasteiger partial charge in [0, 0.05) is 17.8 Å². The number of nitro benzene ring substituents is 1. The van der Waals surface area contributed by atoms with Crippen LogP contribution in [0.2, 0.25) is 0 Å². The van der Waals surface area contributed by atoms with Crippen LogP contribution in [0.1, 0.15) is 10.4 Å². The zero-order chi connectivity index (χ0) is 13.5. The maximum Gasteiger partial charge on any atom is 0.270 e. The van der Waals surface area contributed by atoms with Gasteiger partial charge in [-0.1, -0.05) is 34.8 Å². The normalized spacial score (nSPS) is 18.6. The van der Waals surface area contributed by atoms with Crippen molar-refractivity contribution in [3.05, 3.63) is 33.9 Å². The molecule has 18 heavy (non-hydrogen) atoms. The van der Waals surface area contributed by atoms with Gasteiger partial charge in [-0.15, -0.1) is 0 Å². The number of nitrogens with one attached hydrogen (secondary N) is 2. The minimum Gasteiger partial charge on any atom is -0.361 e. The Hall–Kier alpha value is -1.24. The van der Waals surface area contributed by atoms with Crippen molar-refractivity contribution >= 4 is 52.1 Å². The minimum absolute atomic E-state index is 0.134. The van der Waals surface area contributed by atoms with Crippen molar-refractivity contribution in [1.29, 1.82) is 0 Å². The molecule has 0 radical (unpaired) electrons. The van der Waals surface area contributed by atoms with E-state index in [-0.39, 0.29) is 11.3 Å². The first-order chi connectivity index (χ1) is 8.29. The number of nitro groups is 1. The molecule has 0 saturated carbocycles. The van der Waals surface area contributed by atoms with Crippen LogP contribution in [0, 0.1) is 10.1 Å². The number of hydrogen-bond donors (Lipinski definition) is 2. The second kappa shape index (κ2) is 4.46. The van der Waals surface area contributed by atoms with E-state index >= 15 is 0 Å². The smallest absolute Gasteiger partial charge is 0.270 e. The van der Waals surface area contributed by atoms with Crippen molar-refractivity contribution in [3.63, 3.8) is 0 Å². The first-order valence-electron chi connectivity index (χ1n) is 4.71. The molecule has 0 bridgehead atoms. The van der Waals surface area contributed by atoms with Gasteiger partial charge in [0.1, 0.15) is 6.17 Å². The first-order valence-corrected chi connectivity index (χ1v) is 5.85. The highest BCUT2D eigenvalue weighted by Gasteiger charge is 2.38. The van der Waals surface area contributed by atoms with Gasteiger partial charge >= 0.3 is 0 Å². The van der Waals surface area contributed by atoms with Gasteiger partial charge in [0.05, 0.1) is 10.5 Å². The molecule has 0 saturated heterocycles. The van der Waals surface area contributed by atoms with Crippen LogP contribution < -0.4 is 10.6 Å². The topological polar surface area (TPSA) is 84.3 Å². The Morgan fingerprint density at radius 1 is 1.28 bits per heavy atom. The van der Waals surface area contributed by atoms with Crippen molar-refractivity contribution in [1.82, 2.24) is 5.32 Å². The van der Waals surface area contributed by atoms with Gasteiger partial charge in [-0.25, -0.2) is 0 Å². The third-order valence-corrected chi connectivity index (χ3v) is 3.02. The summed E-state index contributed by atoms with van der Waals surface area (Å²) in [6.45, 7) is 0. The van der Waals surface area contributed by atoms with Gasteiger partial charge < -0.3 is 10.6 Å². The van der Waals surface area contributed by atoms with Crippen LogP contribution in [0.3, 0.4) is 0 Å². The Balaban J connectivity index is 2.39. The highest BCUT2D eigenvalue weighted by molar-refractivity contribution is 6.68. The molecule has 6 nitrogen and oxygen atoms in total. The number of non-ortho nitro benzene ring substituents is 1. The highest BCUT2D eigenvalue weighted by atomic mass is 35.6. The fraction of sp³-hybridized carbons (Fsp3) is 0.222. The molecule has 0 fully saturated rings. The van der Waals surface area contributed by atoms with E-state index in [0.29, 0.717) is 5.69 Å². The van der Waals surface area contributed by atoms with Gasteiger partial charge in [-0.2, -0.15) is 0 Å². The molecule has 1 heterocycles.